The Bertz CT molecular complexity index is 554. The first-order valence-electron chi connectivity index (χ1n) is 5.84. The SMILES string of the molecule is Cc1ccc(NC(C)c2cccc(Cl)c2)cc1F. The number of halogens is 2. The number of nitrogens with one attached hydrogen (secondary N) is 1. The zero-order valence-corrected chi connectivity index (χ0v) is 11.1. The number of hydrogen-bond donors (Lipinski definition) is 1. The minimum Gasteiger partial charge on any atom is -0.378 e. The van der Waals surface area contributed by atoms with Crippen molar-refractivity contribution in [3.05, 3.63) is 64.4 Å². The lowest BCUT2D eigenvalue weighted by molar-refractivity contribution is 0.618. The van der Waals surface area contributed by atoms with Crippen molar-refractivity contribution >= 4 is 17.3 Å². The van der Waals surface area contributed by atoms with Gasteiger partial charge in [-0.2, -0.15) is 0 Å². The van der Waals surface area contributed by atoms with Gasteiger partial charge in [0.2, 0.25) is 0 Å². The lowest BCUT2D eigenvalue weighted by atomic mass is 10.1. The number of aryl methyl sites for hydroxylation is 1. The van der Waals surface area contributed by atoms with Gasteiger partial charge in [0.05, 0.1) is 0 Å². The minimum atomic E-state index is -0.196. The van der Waals surface area contributed by atoms with Gasteiger partial charge in [-0.05, 0) is 49.2 Å². The molecule has 3 heteroatoms. The molecule has 0 radical (unpaired) electrons. The Kier molecular flexibility index (Phi) is 3.87. The average molecular weight is 264 g/mol. The molecule has 0 fully saturated rings. The van der Waals surface area contributed by atoms with E-state index in [-0.39, 0.29) is 11.9 Å². The van der Waals surface area contributed by atoms with E-state index >= 15 is 0 Å². The second-order valence-electron chi connectivity index (χ2n) is 4.38. The quantitative estimate of drug-likeness (QED) is 0.825. The van der Waals surface area contributed by atoms with E-state index in [4.69, 9.17) is 11.6 Å². The monoisotopic (exact) mass is 263 g/mol. The predicted octanol–water partition coefficient (Wildman–Crippen LogP) is 4.96. The maximum atomic E-state index is 13.4. The van der Waals surface area contributed by atoms with Crippen LogP contribution in [-0.4, -0.2) is 0 Å². The van der Waals surface area contributed by atoms with Gasteiger partial charge in [0.1, 0.15) is 5.82 Å². The second-order valence-corrected chi connectivity index (χ2v) is 4.82. The van der Waals surface area contributed by atoms with E-state index < -0.39 is 0 Å². The predicted molar refractivity (Wildman–Crippen MR) is 74.6 cm³/mol. The summed E-state index contributed by atoms with van der Waals surface area (Å²) < 4.78 is 13.4. The maximum absolute atomic E-state index is 13.4. The third-order valence-corrected chi connectivity index (χ3v) is 3.14. The molecule has 0 spiro atoms. The molecule has 94 valence electrons. The van der Waals surface area contributed by atoms with Crippen molar-refractivity contribution in [1.82, 2.24) is 0 Å². The molecule has 2 rings (SSSR count). The third-order valence-electron chi connectivity index (χ3n) is 2.90. The molecule has 18 heavy (non-hydrogen) atoms. The van der Waals surface area contributed by atoms with Crippen molar-refractivity contribution < 1.29 is 4.39 Å². The molecule has 0 bridgehead atoms. The Balaban J connectivity index is 2.16. The van der Waals surface area contributed by atoms with E-state index in [0.717, 1.165) is 11.3 Å². The number of benzene rings is 2. The van der Waals surface area contributed by atoms with Crippen LogP contribution in [0.1, 0.15) is 24.1 Å². The molecule has 0 aliphatic rings. The van der Waals surface area contributed by atoms with Gasteiger partial charge in [0, 0.05) is 16.8 Å². The summed E-state index contributed by atoms with van der Waals surface area (Å²) in [5, 5.41) is 3.96. The molecular formula is C15H15ClFN. The van der Waals surface area contributed by atoms with Crippen LogP contribution in [0.3, 0.4) is 0 Å². The highest BCUT2D eigenvalue weighted by Gasteiger charge is 2.07. The molecule has 1 atom stereocenters. The summed E-state index contributed by atoms with van der Waals surface area (Å²) in [5.74, 6) is -0.196. The fraction of sp³-hybridized carbons (Fsp3) is 0.200. The normalized spacial score (nSPS) is 12.2. The van der Waals surface area contributed by atoms with Crippen LogP contribution in [0.15, 0.2) is 42.5 Å². The molecule has 0 saturated heterocycles. The van der Waals surface area contributed by atoms with E-state index in [2.05, 4.69) is 5.32 Å². The summed E-state index contributed by atoms with van der Waals surface area (Å²) >= 11 is 5.95. The Morgan fingerprint density at radius 3 is 2.61 bits per heavy atom. The van der Waals surface area contributed by atoms with Crippen molar-refractivity contribution in [1.29, 1.82) is 0 Å². The van der Waals surface area contributed by atoms with Gasteiger partial charge in [-0.15, -0.1) is 0 Å². The lowest BCUT2D eigenvalue weighted by Gasteiger charge is -2.16. The molecule has 1 unspecified atom stereocenters. The summed E-state index contributed by atoms with van der Waals surface area (Å²) in [5.41, 5.74) is 2.49. The van der Waals surface area contributed by atoms with Gasteiger partial charge < -0.3 is 5.32 Å². The van der Waals surface area contributed by atoms with Crippen molar-refractivity contribution in [2.45, 2.75) is 19.9 Å². The standard InChI is InChI=1S/C15H15ClFN/c1-10-6-7-14(9-15(10)17)18-11(2)12-4-3-5-13(16)8-12/h3-9,11,18H,1-2H3. The van der Waals surface area contributed by atoms with Crippen molar-refractivity contribution in [3.8, 4) is 0 Å². The first-order chi connectivity index (χ1) is 8.56. The van der Waals surface area contributed by atoms with Crippen LogP contribution in [0.4, 0.5) is 10.1 Å². The fourth-order valence-corrected chi connectivity index (χ4v) is 1.99. The van der Waals surface area contributed by atoms with E-state index in [1.165, 1.54) is 6.07 Å². The van der Waals surface area contributed by atoms with Crippen LogP contribution in [-0.2, 0) is 0 Å². The van der Waals surface area contributed by atoms with Gasteiger partial charge in [0.25, 0.3) is 0 Å². The Morgan fingerprint density at radius 2 is 1.94 bits per heavy atom. The fourth-order valence-electron chi connectivity index (χ4n) is 1.79. The molecule has 1 N–H and O–H groups in total. The van der Waals surface area contributed by atoms with Crippen molar-refractivity contribution in [2.75, 3.05) is 5.32 Å². The van der Waals surface area contributed by atoms with Crippen LogP contribution in [0.5, 0.6) is 0 Å². The first kappa shape index (κ1) is 12.9. The van der Waals surface area contributed by atoms with Crippen LogP contribution in [0.25, 0.3) is 0 Å². The van der Waals surface area contributed by atoms with Crippen LogP contribution in [0.2, 0.25) is 5.02 Å². The minimum absolute atomic E-state index is 0.0748. The number of hydrogen-bond acceptors (Lipinski definition) is 1. The van der Waals surface area contributed by atoms with Gasteiger partial charge in [0.15, 0.2) is 0 Å². The molecule has 0 saturated carbocycles. The smallest absolute Gasteiger partial charge is 0.128 e. The van der Waals surface area contributed by atoms with Gasteiger partial charge in [-0.3, -0.25) is 0 Å². The Labute approximate surface area is 112 Å². The summed E-state index contributed by atoms with van der Waals surface area (Å²) in [6, 6.07) is 12.9. The Hall–Kier alpha value is -1.54. The maximum Gasteiger partial charge on any atom is 0.128 e. The highest BCUT2D eigenvalue weighted by Crippen LogP contribution is 2.22. The largest absolute Gasteiger partial charge is 0.378 e. The van der Waals surface area contributed by atoms with Gasteiger partial charge in [-0.25, -0.2) is 4.39 Å². The van der Waals surface area contributed by atoms with E-state index in [9.17, 15) is 4.39 Å². The van der Waals surface area contributed by atoms with E-state index in [0.29, 0.717) is 10.6 Å². The zero-order valence-electron chi connectivity index (χ0n) is 10.4. The Morgan fingerprint density at radius 1 is 1.17 bits per heavy atom. The molecule has 2 aromatic rings. The van der Waals surface area contributed by atoms with Crippen molar-refractivity contribution in [3.63, 3.8) is 0 Å². The molecule has 2 aromatic carbocycles. The zero-order chi connectivity index (χ0) is 13.1. The average Bonchev–Trinajstić information content (AvgIpc) is 2.34. The second kappa shape index (κ2) is 5.40. The van der Waals surface area contributed by atoms with Crippen LogP contribution in [0, 0.1) is 12.7 Å². The number of rotatable bonds is 3. The molecule has 0 aliphatic carbocycles. The molecule has 0 aromatic heterocycles. The highest BCUT2D eigenvalue weighted by atomic mass is 35.5. The first-order valence-corrected chi connectivity index (χ1v) is 6.22. The molecule has 1 nitrogen and oxygen atoms in total. The summed E-state index contributed by atoms with van der Waals surface area (Å²) in [6.45, 7) is 3.77. The highest BCUT2D eigenvalue weighted by molar-refractivity contribution is 6.30. The summed E-state index contributed by atoms with van der Waals surface area (Å²) in [4.78, 5) is 0. The van der Waals surface area contributed by atoms with Gasteiger partial charge >= 0.3 is 0 Å². The molecular weight excluding hydrogens is 249 g/mol. The lowest BCUT2D eigenvalue weighted by Crippen LogP contribution is -2.06. The van der Waals surface area contributed by atoms with Crippen molar-refractivity contribution in [2.24, 2.45) is 0 Å². The van der Waals surface area contributed by atoms with E-state index in [1.54, 1.807) is 13.0 Å². The summed E-state index contributed by atoms with van der Waals surface area (Å²) in [7, 11) is 0. The molecule has 0 heterocycles. The third kappa shape index (κ3) is 3.02. The van der Waals surface area contributed by atoms with Gasteiger partial charge in [-0.1, -0.05) is 29.8 Å². The topological polar surface area (TPSA) is 12.0 Å². The van der Waals surface area contributed by atoms with Crippen LogP contribution >= 0.6 is 11.6 Å². The summed E-state index contributed by atoms with van der Waals surface area (Å²) in [6.07, 6.45) is 0. The van der Waals surface area contributed by atoms with Crippen LogP contribution < -0.4 is 5.32 Å². The molecule has 0 aliphatic heterocycles. The number of anilines is 1. The molecule has 0 amide bonds. The van der Waals surface area contributed by atoms with E-state index in [1.807, 2.05) is 37.3 Å².